The van der Waals surface area contributed by atoms with Gasteiger partial charge >= 0.3 is 0 Å². The lowest BCUT2D eigenvalue weighted by molar-refractivity contribution is 0.1000. The van der Waals surface area contributed by atoms with E-state index in [9.17, 15) is 4.79 Å². The molecule has 2 N–H and O–H groups in total. The quantitative estimate of drug-likeness (QED) is 0.586. The van der Waals surface area contributed by atoms with Crippen molar-refractivity contribution in [2.24, 2.45) is 5.73 Å². The summed E-state index contributed by atoms with van der Waals surface area (Å²) >= 11 is 0. The fourth-order valence-electron chi connectivity index (χ4n) is 1.24. The average Bonchev–Trinajstić information content (AvgIpc) is 2.25. The van der Waals surface area contributed by atoms with Gasteiger partial charge in [0.15, 0.2) is 0 Å². The number of hydrogen-bond acceptors (Lipinski definition) is 1. The first kappa shape index (κ1) is 11.1. The number of carbonyl (C=O) groups is 1. The molecule has 2 nitrogen and oxygen atoms in total. The molecular weight excluding hydrogens is 186 g/mol. The molecule has 0 saturated heterocycles. The number of unbranched alkanes of at least 4 members (excludes halogenated alkanes) is 1. The van der Waals surface area contributed by atoms with E-state index in [1.54, 1.807) is 12.1 Å². The van der Waals surface area contributed by atoms with Crippen molar-refractivity contribution in [2.75, 3.05) is 0 Å². The summed E-state index contributed by atoms with van der Waals surface area (Å²) in [5.74, 6) is 2.14. The molecular formula is C13H13NO. The zero-order chi connectivity index (χ0) is 11.1. The lowest BCUT2D eigenvalue weighted by Gasteiger charge is -2.00. The van der Waals surface area contributed by atoms with Crippen molar-refractivity contribution >= 4 is 12.0 Å². The molecule has 1 aromatic rings. The predicted octanol–water partition coefficient (Wildman–Crippen LogP) is 2.21. The smallest absolute Gasteiger partial charge is 0.249 e. The monoisotopic (exact) mass is 199 g/mol. The first-order chi connectivity index (χ1) is 7.25. The summed E-state index contributed by atoms with van der Waals surface area (Å²) in [5.41, 5.74) is 6.61. The Hall–Kier alpha value is -2.01. The number of primary amides is 1. The number of amides is 1. The van der Waals surface area contributed by atoms with E-state index < -0.39 is 5.91 Å². The SMILES string of the molecule is C#CCCC=Cc1ccccc1C(N)=O. The van der Waals surface area contributed by atoms with Gasteiger partial charge in [0.05, 0.1) is 0 Å². The van der Waals surface area contributed by atoms with Crippen LogP contribution >= 0.6 is 0 Å². The number of rotatable bonds is 4. The van der Waals surface area contributed by atoms with Gasteiger partial charge in [-0.2, -0.15) is 0 Å². The van der Waals surface area contributed by atoms with E-state index in [4.69, 9.17) is 12.2 Å². The Kier molecular flexibility index (Phi) is 4.18. The molecule has 0 unspecified atom stereocenters. The minimum Gasteiger partial charge on any atom is -0.366 e. The van der Waals surface area contributed by atoms with Gasteiger partial charge in [-0.1, -0.05) is 30.4 Å². The molecule has 0 saturated carbocycles. The van der Waals surface area contributed by atoms with Gasteiger partial charge in [0, 0.05) is 12.0 Å². The summed E-state index contributed by atoms with van der Waals surface area (Å²) in [6.07, 6.45) is 10.5. The Morgan fingerprint density at radius 3 is 2.87 bits per heavy atom. The van der Waals surface area contributed by atoms with E-state index >= 15 is 0 Å². The van der Waals surface area contributed by atoms with Gasteiger partial charge in [-0.25, -0.2) is 0 Å². The van der Waals surface area contributed by atoms with Crippen molar-refractivity contribution in [1.29, 1.82) is 0 Å². The number of nitrogens with two attached hydrogens (primary N) is 1. The zero-order valence-corrected chi connectivity index (χ0v) is 8.44. The molecule has 0 fully saturated rings. The first-order valence-electron chi connectivity index (χ1n) is 4.74. The summed E-state index contributed by atoms with van der Waals surface area (Å²) in [4.78, 5) is 11.1. The Bertz CT molecular complexity index is 413. The van der Waals surface area contributed by atoms with Crippen LogP contribution < -0.4 is 5.73 Å². The second-order valence-corrected chi connectivity index (χ2v) is 3.10. The maximum atomic E-state index is 11.1. The van der Waals surface area contributed by atoms with Crippen LogP contribution in [-0.2, 0) is 0 Å². The molecule has 0 bridgehead atoms. The van der Waals surface area contributed by atoms with Gasteiger partial charge in [0.1, 0.15) is 0 Å². The highest BCUT2D eigenvalue weighted by Gasteiger charge is 2.02. The Labute approximate surface area is 89.8 Å². The fourth-order valence-corrected chi connectivity index (χ4v) is 1.24. The molecule has 0 radical (unpaired) electrons. The topological polar surface area (TPSA) is 43.1 Å². The van der Waals surface area contributed by atoms with Gasteiger partial charge in [-0.05, 0) is 18.1 Å². The summed E-state index contributed by atoms with van der Waals surface area (Å²) in [6.45, 7) is 0. The van der Waals surface area contributed by atoms with Gasteiger partial charge in [0.25, 0.3) is 0 Å². The molecule has 1 amide bonds. The van der Waals surface area contributed by atoms with E-state index in [0.29, 0.717) is 12.0 Å². The maximum absolute atomic E-state index is 11.1. The number of terminal acetylenes is 1. The highest BCUT2D eigenvalue weighted by atomic mass is 16.1. The second-order valence-electron chi connectivity index (χ2n) is 3.10. The number of hydrogen-bond donors (Lipinski definition) is 1. The Balaban J connectivity index is 2.81. The maximum Gasteiger partial charge on any atom is 0.249 e. The second kappa shape index (κ2) is 5.66. The highest BCUT2D eigenvalue weighted by molar-refractivity contribution is 5.96. The van der Waals surface area contributed by atoms with Gasteiger partial charge < -0.3 is 5.73 Å². The molecule has 1 rings (SSSR count). The molecule has 0 spiro atoms. The van der Waals surface area contributed by atoms with Crippen LogP contribution in [0.3, 0.4) is 0 Å². The largest absolute Gasteiger partial charge is 0.366 e. The number of benzene rings is 1. The van der Waals surface area contributed by atoms with E-state index in [1.807, 2.05) is 24.3 Å². The Morgan fingerprint density at radius 1 is 1.47 bits per heavy atom. The van der Waals surface area contributed by atoms with Crippen molar-refractivity contribution in [3.63, 3.8) is 0 Å². The highest BCUT2D eigenvalue weighted by Crippen LogP contribution is 2.10. The molecule has 1 aromatic carbocycles. The van der Waals surface area contributed by atoms with E-state index in [0.717, 1.165) is 12.0 Å². The molecule has 0 aliphatic carbocycles. The van der Waals surface area contributed by atoms with E-state index in [-0.39, 0.29) is 0 Å². The predicted molar refractivity (Wildman–Crippen MR) is 62.1 cm³/mol. The molecule has 76 valence electrons. The van der Waals surface area contributed by atoms with E-state index in [2.05, 4.69) is 5.92 Å². The van der Waals surface area contributed by atoms with Crippen LogP contribution in [0.2, 0.25) is 0 Å². The standard InChI is InChI=1S/C13H13NO/c1-2-3-4-5-8-11-9-6-7-10-12(11)13(14)15/h1,5-10H,3-4H2,(H2,14,15). The van der Waals surface area contributed by atoms with Crippen molar-refractivity contribution in [3.8, 4) is 12.3 Å². The molecule has 0 heterocycles. The van der Waals surface area contributed by atoms with Gasteiger partial charge in [0.2, 0.25) is 5.91 Å². The van der Waals surface area contributed by atoms with E-state index in [1.165, 1.54) is 0 Å². The van der Waals surface area contributed by atoms with Crippen LogP contribution in [0, 0.1) is 12.3 Å². The summed E-state index contributed by atoms with van der Waals surface area (Å²) in [6, 6.07) is 7.22. The third-order valence-corrected chi connectivity index (χ3v) is 1.98. The number of carbonyl (C=O) groups excluding carboxylic acids is 1. The zero-order valence-electron chi connectivity index (χ0n) is 8.44. The molecule has 0 atom stereocenters. The summed E-state index contributed by atoms with van der Waals surface area (Å²) in [7, 11) is 0. The fraction of sp³-hybridized carbons (Fsp3) is 0.154. The lowest BCUT2D eigenvalue weighted by Crippen LogP contribution is -2.12. The lowest BCUT2D eigenvalue weighted by atomic mass is 10.1. The number of allylic oxidation sites excluding steroid dienone is 1. The molecule has 15 heavy (non-hydrogen) atoms. The van der Waals surface area contributed by atoms with Crippen LogP contribution in [0.15, 0.2) is 30.3 Å². The third kappa shape index (κ3) is 3.32. The summed E-state index contributed by atoms with van der Waals surface area (Å²) < 4.78 is 0. The third-order valence-electron chi connectivity index (χ3n) is 1.98. The van der Waals surface area contributed by atoms with Crippen LogP contribution in [0.1, 0.15) is 28.8 Å². The summed E-state index contributed by atoms with van der Waals surface area (Å²) in [5, 5.41) is 0. The molecule has 0 aliphatic rings. The van der Waals surface area contributed by atoms with Crippen molar-refractivity contribution in [1.82, 2.24) is 0 Å². The molecule has 0 aliphatic heterocycles. The van der Waals surface area contributed by atoms with Crippen LogP contribution in [0.25, 0.3) is 6.08 Å². The van der Waals surface area contributed by atoms with Crippen LogP contribution in [0.5, 0.6) is 0 Å². The normalized spacial score (nSPS) is 10.1. The van der Waals surface area contributed by atoms with Crippen molar-refractivity contribution < 1.29 is 4.79 Å². The average molecular weight is 199 g/mol. The minimum atomic E-state index is -0.410. The Morgan fingerprint density at radius 2 is 2.20 bits per heavy atom. The molecule has 2 heteroatoms. The van der Waals surface area contributed by atoms with Crippen molar-refractivity contribution in [3.05, 3.63) is 41.5 Å². The van der Waals surface area contributed by atoms with Crippen LogP contribution in [0.4, 0.5) is 0 Å². The van der Waals surface area contributed by atoms with Crippen molar-refractivity contribution in [2.45, 2.75) is 12.8 Å². The molecule has 0 aromatic heterocycles. The first-order valence-corrected chi connectivity index (χ1v) is 4.74. The minimum absolute atomic E-state index is 0.410. The van der Waals surface area contributed by atoms with Gasteiger partial charge in [-0.3, -0.25) is 4.79 Å². The van der Waals surface area contributed by atoms with Crippen LogP contribution in [-0.4, -0.2) is 5.91 Å². The van der Waals surface area contributed by atoms with Gasteiger partial charge in [-0.15, -0.1) is 12.3 Å².